The van der Waals surface area contributed by atoms with Gasteiger partial charge in [0, 0.05) is 54.1 Å². The van der Waals surface area contributed by atoms with E-state index in [0.717, 1.165) is 23.5 Å². The number of methoxy groups -OCH3 is 1. The van der Waals surface area contributed by atoms with Crippen molar-refractivity contribution in [2.45, 2.75) is 19.3 Å². The van der Waals surface area contributed by atoms with Gasteiger partial charge in [0.2, 0.25) is 5.88 Å². The fraction of sp³-hybridized carbons (Fsp3) is 0.154. The molecule has 0 spiro atoms. The summed E-state index contributed by atoms with van der Waals surface area (Å²) >= 11 is 0. The SMILES string of the molecule is COc1cc(NCc2ccccc2O)ccn1.Oc1ccccc1CNc1ccnc(C(F)(F)F)c1. The van der Waals surface area contributed by atoms with Crippen LogP contribution in [-0.4, -0.2) is 27.3 Å². The fourth-order valence-electron chi connectivity index (χ4n) is 3.04. The van der Waals surface area contributed by atoms with Crippen molar-refractivity contribution >= 4 is 11.4 Å². The van der Waals surface area contributed by atoms with Crippen molar-refractivity contribution in [3.05, 3.63) is 102 Å². The summed E-state index contributed by atoms with van der Waals surface area (Å²) in [5.41, 5.74) is 1.71. The van der Waals surface area contributed by atoms with Gasteiger partial charge in [0.15, 0.2) is 0 Å². The third kappa shape index (κ3) is 7.79. The Morgan fingerprint density at radius 2 is 1.25 bits per heavy atom. The predicted molar refractivity (Wildman–Crippen MR) is 131 cm³/mol. The highest BCUT2D eigenvalue weighted by Crippen LogP contribution is 2.29. The van der Waals surface area contributed by atoms with Gasteiger partial charge in [-0.2, -0.15) is 13.2 Å². The number of phenolic OH excluding ortho intramolecular Hbond substituents is 2. The summed E-state index contributed by atoms with van der Waals surface area (Å²) in [6, 6.07) is 19.9. The van der Waals surface area contributed by atoms with Gasteiger partial charge in [-0.1, -0.05) is 36.4 Å². The summed E-state index contributed by atoms with van der Waals surface area (Å²) < 4.78 is 42.4. The second-order valence-corrected chi connectivity index (χ2v) is 7.48. The number of aromatic hydroxyl groups is 2. The number of nitrogens with one attached hydrogen (secondary N) is 2. The minimum absolute atomic E-state index is 0.0973. The topological polar surface area (TPSA) is 99.5 Å². The highest BCUT2D eigenvalue weighted by atomic mass is 19.4. The van der Waals surface area contributed by atoms with E-state index >= 15 is 0 Å². The van der Waals surface area contributed by atoms with Crippen LogP contribution >= 0.6 is 0 Å². The van der Waals surface area contributed by atoms with Gasteiger partial charge < -0.3 is 25.6 Å². The van der Waals surface area contributed by atoms with Crippen molar-refractivity contribution in [1.29, 1.82) is 0 Å². The zero-order valence-electron chi connectivity index (χ0n) is 19.3. The lowest BCUT2D eigenvalue weighted by molar-refractivity contribution is -0.141. The van der Waals surface area contributed by atoms with Gasteiger partial charge in [-0.05, 0) is 30.3 Å². The molecule has 0 amide bonds. The maximum atomic E-state index is 12.5. The Balaban J connectivity index is 0.000000202. The summed E-state index contributed by atoms with van der Waals surface area (Å²) in [6.45, 7) is 0.786. The van der Waals surface area contributed by atoms with Crippen molar-refractivity contribution in [3.8, 4) is 17.4 Å². The second-order valence-electron chi connectivity index (χ2n) is 7.48. The molecule has 0 aliphatic heterocycles. The lowest BCUT2D eigenvalue weighted by Gasteiger charge is -2.10. The number of hydrogen-bond acceptors (Lipinski definition) is 7. The van der Waals surface area contributed by atoms with Gasteiger partial charge >= 0.3 is 6.18 Å². The molecule has 0 unspecified atom stereocenters. The van der Waals surface area contributed by atoms with E-state index in [0.29, 0.717) is 29.4 Å². The molecule has 4 N–H and O–H groups in total. The molecule has 10 heteroatoms. The number of aromatic nitrogens is 2. The number of halogens is 3. The number of para-hydroxylation sites is 2. The Morgan fingerprint density at radius 1 is 0.750 bits per heavy atom. The smallest absolute Gasteiger partial charge is 0.433 e. The van der Waals surface area contributed by atoms with Gasteiger partial charge in [0.25, 0.3) is 0 Å². The van der Waals surface area contributed by atoms with Gasteiger partial charge in [-0.3, -0.25) is 4.98 Å². The summed E-state index contributed by atoms with van der Waals surface area (Å²) in [5, 5.41) is 25.2. The number of nitrogens with zero attached hydrogens (tertiary/aromatic N) is 2. The standard InChI is InChI=1S/C13H11F3N2O.C13H14N2O2/c14-13(15,16)12-7-10(5-6-17-12)18-8-9-3-1-2-4-11(9)19;1-17-13-8-11(6-7-14-13)15-9-10-4-2-3-5-12(10)16/h1-7,19H,8H2,(H,17,18);2-8,16H,9H2,1H3,(H,14,15). The van der Waals surface area contributed by atoms with Crippen LogP contribution in [0.3, 0.4) is 0 Å². The highest BCUT2D eigenvalue weighted by molar-refractivity contribution is 5.47. The number of alkyl halides is 3. The van der Waals surface area contributed by atoms with Crippen LogP contribution < -0.4 is 15.4 Å². The monoisotopic (exact) mass is 498 g/mol. The number of anilines is 2. The first-order valence-electron chi connectivity index (χ1n) is 10.8. The van der Waals surface area contributed by atoms with Crippen LogP contribution in [0.1, 0.15) is 16.8 Å². The molecule has 0 saturated carbocycles. The zero-order valence-corrected chi connectivity index (χ0v) is 19.3. The minimum Gasteiger partial charge on any atom is -0.508 e. The van der Waals surface area contributed by atoms with Gasteiger partial charge in [-0.15, -0.1) is 0 Å². The molecule has 36 heavy (non-hydrogen) atoms. The maximum absolute atomic E-state index is 12.5. The van der Waals surface area contributed by atoms with Crippen LogP contribution in [0.25, 0.3) is 0 Å². The van der Waals surface area contributed by atoms with Crippen molar-refractivity contribution < 1.29 is 28.1 Å². The number of rotatable bonds is 7. The molecule has 4 rings (SSSR count). The Kier molecular flexibility index (Phi) is 8.93. The Bertz CT molecular complexity index is 1270. The van der Waals surface area contributed by atoms with Crippen LogP contribution in [0.2, 0.25) is 0 Å². The van der Waals surface area contributed by atoms with Gasteiger partial charge in [-0.25, -0.2) is 4.98 Å². The van der Waals surface area contributed by atoms with E-state index in [-0.39, 0.29) is 12.3 Å². The number of pyridine rings is 2. The summed E-state index contributed by atoms with van der Waals surface area (Å²) in [5.74, 6) is 0.952. The van der Waals surface area contributed by atoms with Crippen molar-refractivity contribution in [1.82, 2.24) is 9.97 Å². The van der Waals surface area contributed by atoms with Crippen molar-refractivity contribution in [2.75, 3.05) is 17.7 Å². The molecule has 2 aromatic carbocycles. The van der Waals surface area contributed by atoms with E-state index in [4.69, 9.17) is 4.74 Å². The third-order valence-corrected chi connectivity index (χ3v) is 4.94. The maximum Gasteiger partial charge on any atom is 0.433 e. The first-order valence-corrected chi connectivity index (χ1v) is 10.8. The normalized spacial score (nSPS) is 10.7. The lowest BCUT2D eigenvalue weighted by atomic mass is 10.2. The third-order valence-electron chi connectivity index (χ3n) is 4.94. The van der Waals surface area contributed by atoms with Crippen LogP contribution in [0.4, 0.5) is 24.5 Å². The van der Waals surface area contributed by atoms with Crippen molar-refractivity contribution in [2.24, 2.45) is 0 Å². The van der Waals surface area contributed by atoms with Crippen molar-refractivity contribution in [3.63, 3.8) is 0 Å². The molecule has 0 saturated heterocycles. The molecule has 0 fully saturated rings. The van der Waals surface area contributed by atoms with E-state index in [1.807, 2.05) is 18.2 Å². The van der Waals surface area contributed by atoms with E-state index in [1.165, 1.54) is 12.1 Å². The predicted octanol–water partition coefficient (Wildman–Crippen LogP) is 5.83. The van der Waals surface area contributed by atoms with E-state index in [1.54, 1.807) is 49.7 Å². The molecule has 0 atom stereocenters. The van der Waals surface area contributed by atoms with Gasteiger partial charge in [0.1, 0.15) is 17.2 Å². The second kappa shape index (κ2) is 12.3. The Labute approximate surface area is 206 Å². The molecule has 2 aromatic heterocycles. The average molecular weight is 499 g/mol. The van der Waals surface area contributed by atoms with Crippen LogP contribution in [0.5, 0.6) is 17.4 Å². The zero-order chi connectivity index (χ0) is 26.0. The lowest BCUT2D eigenvalue weighted by Crippen LogP contribution is -2.09. The summed E-state index contributed by atoms with van der Waals surface area (Å²) in [6.07, 6.45) is -1.70. The highest BCUT2D eigenvalue weighted by Gasteiger charge is 2.32. The van der Waals surface area contributed by atoms with Crippen LogP contribution in [0.15, 0.2) is 85.2 Å². The molecule has 0 aliphatic carbocycles. The first-order chi connectivity index (χ1) is 17.3. The quantitative estimate of drug-likeness (QED) is 0.255. The Hall–Kier alpha value is -4.47. The molecule has 0 bridgehead atoms. The molecule has 7 nitrogen and oxygen atoms in total. The molecule has 0 aliphatic rings. The number of ether oxygens (including phenoxy) is 1. The fourth-order valence-corrected chi connectivity index (χ4v) is 3.04. The average Bonchev–Trinajstić information content (AvgIpc) is 2.88. The van der Waals surface area contributed by atoms with Crippen LogP contribution in [-0.2, 0) is 19.3 Å². The largest absolute Gasteiger partial charge is 0.508 e. The molecule has 4 aromatic rings. The van der Waals surface area contributed by atoms with E-state index in [2.05, 4.69) is 20.6 Å². The molecule has 2 heterocycles. The number of benzene rings is 2. The summed E-state index contributed by atoms with van der Waals surface area (Å²) in [4.78, 5) is 7.29. The number of hydrogen-bond donors (Lipinski definition) is 4. The van der Waals surface area contributed by atoms with Crippen LogP contribution in [0, 0.1) is 0 Å². The molecular weight excluding hydrogens is 473 g/mol. The molecule has 0 radical (unpaired) electrons. The first kappa shape index (κ1) is 26.1. The van der Waals surface area contributed by atoms with E-state index < -0.39 is 11.9 Å². The molecule has 188 valence electrons. The summed E-state index contributed by atoms with van der Waals surface area (Å²) in [7, 11) is 1.58. The van der Waals surface area contributed by atoms with Gasteiger partial charge in [0.05, 0.1) is 7.11 Å². The minimum atomic E-state index is -4.47. The number of phenols is 2. The van der Waals surface area contributed by atoms with E-state index in [9.17, 15) is 23.4 Å². The molecular formula is C26H25F3N4O3. The Morgan fingerprint density at radius 3 is 1.75 bits per heavy atom.